The van der Waals surface area contributed by atoms with Crippen molar-refractivity contribution in [1.29, 1.82) is 0 Å². The summed E-state index contributed by atoms with van der Waals surface area (Å²) in [7, 11) is 0. The van der Waals surface area contributed by atoms with Crippen molar-refractivity contribution in [1.82, 2.24) is 10.4 Å². The first-order valence-electron chi connectivity index (χ1n) is 6.07. The molecule has 0 heterocycles. The van der Waals surface area contributed by atoms with Gasteiger partial charge in [-0.3, -0.25) is 0 Å². The molecular formula is C13H18N2O4. The van der Waals surface area contributed by atoms with Crippen LogP contribution < -0.4 is 5.48 Å². The van der Waals surface area contributed by atoms with E-state index in [0.29, 0.717) is 18.7 Å². The van der Waals surface area contributed by atoms with Crippen LogP contribution in [0.1, 0.15) is 24.2 Å². The summed E-state index contributed by atoms with van der Waals surface area (Å²) >= 11 is 0. The minimum atomic E-state index is -0.502. The number of nitrogens with one attached hydrogen (secondary N) is 1. The molecular weight excluding hydrogens is 248 g/mol. The second-order valence-corrected chi connectivity index (χ2v) is 3.64. The Morgan fingerprint density at radius 3 is 2.37 bits per heavy atom. The van der Waals surface area contributed by atoms with Crippen LogP contribution >= 0.6 is 0 Å². The molecule has 0 spiro atoms. The molecule has 0 atom stereocenters. The van der Waals surface area contributed by atoms with Gasteiger partial charge in [0.15, 0.2) is 0 Å². The van der Waals surface area contributed by atoms with Crippen molar-refractivity contribution in [3.8, 4) is 0 Å². The van der Waals surface area contributed by atoms with Crippen LogP contribution in [0.5, 0.6) is 0 Å². The number of esters is 1. The fraction of sp³-hybridized carbons (Fsp3) is 0.385. The molecule has 0 fully saturated rings. The van der Waals surface area contributed by atoms with Gasteiger partial charge in [-0.05, 0) is 26.0 Å². The van der Waals surface area contributed by atoms with Gasteiger partial charge in [-0.2, -0.15) is 0 Å². The van der Waals surface area contributed by atoms with Crippen LogP contribution in [-0.2, 0) is 9.57 Å². The summed E-state index contributed by atoms with van der Waals surface area (Å²) in [5, 5.41) is 0. The van der Waals surface area contributed by atoms with Gasteiger partial charge >= 0.3 is 12.0 Å². The Balaban J connectivity index is 2.24. The summed E-state index contributed by atoms with van der Waals surface area (Å²) in [6.45, 7) is 4.54. The second kappa shape index (κ2) is 8.10. The first-order valence-corrected chi connectivity index (χ1v) is 6.07. The molecule has 6 nitrogen and oxygen atoms in total. The smallest absolute Gasteiger partial charge is 0.341 e. The third-order valence-electron chi connectivity index (χ3n) is 2.47. The number of nitrogens with zero attached hydrogens (tertiary/aromatic N) is 1. The van der Waals surface area contributed by atoms with Gasteiger partial charge in [0.05, 0.1) is 5.56 Å². The zero-order chi connectivity index (χ0) is 14.1. The topological polar surface area (TPSA) is 67.9 Å². The number of amides is 2. The number of hydrogen-bond donors (Lipinski definition) is 1. The van der Waals surface area contributed by atoms with Crippen molar-refractivity contribution in [3.05, 3.63) is 35.9 Å². The van der Waals surface area contributed by atoms with Crippen molar-refractivity contribution in [2.45, 2.75) is 13.8 Å². The minimum Gasteiger partial charge on any atom is -0.433 e. The number of carbonyl (C=O) groups is 2. The molecule has 19 heavy (non-hydrogen) atoms. The third kappa shape index (κ3) is 4.97. The average Bonchev–Trinajstić information content (AvgIpc) is 2.45. The molecule has 1 N–H and O–H groups in total. The highest BCUT2D eigenvalue weighted by Crippen LogP contribution is 2.00. The van der Waals surface area contributed by atoms with Crippen molar-refractivity contribution in [2.24, 2.45) is 0 Å². The van der Waals surface area contributed by atoms with E-state index in [1.54, 1.807) is 35.2 Å². The van der Waals surface area contributed by atoms with E-state index in [1.165, 1.54) is 0 Å². The van der Waals surface area contributed by atoms with Gasteiger partial charge in [-0.1, -0.05) is 18.2 Å². The van der Waals surface area contributed by atoms with Crippen LogP contribution in [0.3, 0.4) is 0 Å². The lowest BCUT2D eigenvalue weighted by Crippen LogP contribution is -2.40. The fourth-order valence-electron chi connectivity index (χ4n) is 1.41. The maximum Gasteiger partial charge on any atom is 0.341 e. The lowest BCUT2D eigenvalue weighted by molar-refractivity contribution is -0.0644. The van der Waals surface area contributed by atoms with Gasteiger partial charge < -0.3 is 9.64 Å². The van der Waals surface area contributed by atoms with Gasteiger partial charge in [0.1, 0.15) is 0 Å². The molecule has 104 valence electrons. The first-order chi connectivity index (χ1) is 9.19. The van der Waals surface area contributed by atoms with Crippen LogP contribution in [0.2, 0.25) is 0 Å². The Morgan fingerprint density at radius 2 is 1.79 bits per heavy atom. The Kier molecular flexibility index (Phi) is 6.38. The molecule has 6 heteroatoms. The molecule has 1 aromatic carbocycles. The highest BCUT2D eigenvalue weighted by atomic mass is 16.8. The Bertz CT molecular complexity index is 404. The Labute approximate surface area is 112 Å². The highest BCUT2D eigenvalue weighted by Gasteiger charge is 2.09. The molecule has 0 aliphatic rings. The fourth-order valence-corrected chi connectivity index (χ4v) is 1.41. The summed E-state index contributed by atoms with van der Waals surface area (Å²) in [6.07, 6.45) is 0. The van der Waals surface area contributed by atoms with Crippen LogP contribution in [0.4, 0.5) is 4.79 Å². The van der Waals surface area contributed by atoms with Gasteiger partial charge in [-0.15, -0.1) is 0 Å². The van der Waals surface area contributed by atoms with Gasteiger partial charge in [0, 0.05) is 13.1 Å². The normalized spacial score (nSPS) is 9.79. The predicted octanol–water partition coefficient (Wildman–Crippen LogP) is 1.78. The number of urea groups is 1. The largest absolute Gasteiger partial charge is 0.433 e. The number of rotatable bonds is 6. The zero-order valence-corrected chi connectivity index (χ0v) is 11.1. The van der Waals surface area contributed by atoms with E-state index >= 15 is 0 Å². The van der Waals surface area contributed by atoms with Crippen LogP contribution in [0.15, 0.2) is 30.3 Å². The lowest BCUT2D eigenvalue weighted by atomic mass is 10.2. The van der Waals surface area contributed by atoms with Crippen LogP contribution in [0.25, 0.3) is 0 Å². The number of benzene rings is 1. The molecule has 0 bridgehead atoms. The molecule has 1 aromatic rings. The minimum absolute atomic E-state index is 0.333. The van der Waals surface area contributed by atoms with E-state index in [9.17, 15) is 9.59 Å². The first kappa shape index (κ1) is 15.0. The number of hydrogen-bond acceptors (Lipinski definition) is 4. The maximum absolute atomic E-state index is 11.5. The molecule has 0 aliphatic heterocycles. The maximum atomic E-state index is 11.5. The summed E-state index contributed by atoms with van der Waals surface area (Å²) in [5.41, 5.74) is 2.63. The monoisotopic (exact) mass is 266 g/mol. The van der Waals surface area contributed by atoms with E-state index < -0.39 is 5.97 Å². The van der Waals surface area contributed by atoms with Crippen molar-refractivity contribution >= 4 is 12.0 Å². The Hall–Kier alpha value is -2.08. The molecule has 0 unspecified atom stereocenters. The molecule has 0 saturated carbocycles. The second-order valence-electron chi connectivity index (χ2n) is 3.64. The molecule has 0 aromatic heterocycles. The molecule has 2 amide bonds. The van der Waals surface area contributed by atoms with E-state index in [1.807, 2.05) is 13.8 Å². The van der Waals surface area contributed by atoms with Crippen LogP contribution in [-0.4, -0.2) is 36.8 Å². The Morgan fingerprint density at radius 1 is 1.16 bits per heavy atom. The molecule has 0 radical (unpaired) electrons. The zero-order valence-electron chi connectivity index (χ0n) is 11.1. The van der Waals surface area contributed by atoms with E-state index in [4.69, 9.17) is 9.57 Å². The van der Waals surface area contributed by atoms with E-state index in [2.05, 4.69) is 5.48 Å². The highest BCUT2D eigenvalue weighted by molar-refractivity contribution is 5.89. The molecule has 0 aliphatic carbocycles. The average molecular weight is 266 g/mol. The summed E-state index contributed by atoms with van der Waals surface area (Å²) < 4.78 is 4.83. The van der Waals surface area contributed by atoms with Crippen molar-refractivity contribution < 1.29 is 19.2 Å². The van der Waals surface area contributed by atoms with E-state index in [0.717, 1.165) is 0 Å². The standard InChI is InChI=1S/C13H18N2O4/c1-3-15(4-2)13(17)14-19-10-18-12(16)11-8-6-5-7-9-11/h5-9H,3-4,10H2,1-2H3,(H,14,17). The van der Waals surface area contributed by atoms with E-state index in [-0.39, 0.29) is 12.8 Å². The van der Waals surface area contributed by atoms with Crippen molar-refractivity contribution in [3.63, 3.8) is 0 Å². The van der Waals surface area contributed by atoms with Gasteiger partial charge in [-0.25, -0.2) is 19.9 Å². The van der Waals surface area contributed by atoms with Gasteiger partial charge in [0.2, 0.25) is 6.79 Å². The van der Waals surface area contributed by atoms with Crippen LogP contribution in [0, 0.1) is 0 Å². The summed E-state index contributed by atoms with van der Waals surface area (Å²) in [6, 6.07) is 8.19. The summed E-state index contributed by atoms with van der Waals surface area (Å²) in [4.78, 5) is 29.3. The molecule has 0 saturated heterocycles. The SMILES string of the molecule is CCN(CC)C(=O)NOCOC(=O)c1ccccc1. The quantitative estimate of drug-likeness (QED) is 0.369. The van der Waals surface area contributed by atoms with Gasteiger partial charge in [0.25, 0.3) is 0 Å². The number of hydroxylamine groups is 1. The lowest BCUT2D eigenvalue weighted by Gasteiger charge is -2.18. The van der Waals surface area contributed by atoms with Crippen molar-refractivity contribution in [2.75, 3.05) is 19.9 Å². The number of carbonyl (C=O) groups excluding carboxylic acids is 2. The number of ether oxygens (including phenoxy) is 1. The molecule has 1 rings (SSSR count). The summed E-state index contributed by atoms with van der Waals surface area (Å²) in [5.74, 6) is -0.502. The predicted molar refractivity (Wildman–Crippen MR) is 69.3 cm³/mol. The third-order valence-corrected chi connectivity index (χ3v) is 2.47.